The number of carbonyl (C=O) groups is 2. The number of rotatable bonds is 7. The van der Waals surface area contributed by atoms with E-state index in [1.165, 1.54) is 18.1 Å². The van der Waals surface area contributed by atoms with E-state index in [-0.39, 0.29) is 0 Å². The molecule has 2 aromatic rings. The van der Waals surface area contributed by atoms with Crippen molar-refractivity contribution in [1.82, 2.24) is 5.32 Å². The molecule has 0 heterocycles. The highest BCUT2D eigenvalue weighted by Gasteiger charge is 2.36. The molecular weight excluding hydrogens is 380 g/mol. The number of aliphatic hydroxyl groups excluding tert-OH is 1. The third-order valence-electron chi connectivity index (χ3n) is 4.65. The van der Waals surface area contributed by atoms with Crippen LogP contribution in [0.2, 0.25) is 0 Å². The van der Waals surface area contributed by atoms with Crippen molar-refractivity contribution in [3.63, 3.8) is 0 Å². The highest BCUT2D eigenvalue weighted by molar-refractivity contribution is 5.99. The standard InChI is InChI=1S/C24H32N2O4/c1-6-17-7-9-18(10-8-17)15-19-11-13-20(14-12-19)25-21(28)24(5,16-27)26-22(29)30-23(2,3)4/h7-14,27H,6,15-16H2,1-5H3,(H,25,28)(H,26,29)/t24-/m0/s1. The fourth-order valence-electron chi connectivity index (χ4n) is 2.80. The van der Waals surface area contributed by atoms with E-state index in [0.29, 0.717) is 5.69 Å². The smallest absolute Gasteiger partial charge is 0.408 e. The molecule has 0 aliphatic rings. The topological polar surface area (TPSA) is 87.7 Å². The molecule has 2 rings (SSSR count). The fourth-order valence-corrected chi connectivity index (χ4v) is 2.80. The molecule has 0 saturated heterocycles. The van der Waals surface area contributed by atoms with Crippen molar-refractivity contribution in [3.8, 4) is 0 Å². The average molecular weight is 413 g/mol. The zero-order valence-corrected chi connectivity index (χ0v) is 18.4. The summed E-state index contributed by atoms with van der Waals surface area (Å²) in [6.07, 6.45) is 1.05. The van der Waals surface area contributed by atoms with Gasteiger partial charge in [0.2, 0.25) is 0 Å². The van der Waals surface area contributed by atoms with Crippen LogP contribution in [0.25, 0.3) is 0 Å². The number of hydrogen-bond acceptors (Lipinski definition) is 4. The molecule has 6 heteroatoms. The first kappa shape index (κ1) is 23.4. The Morgan fingerprint density at radius 3 is 1.87 bits per heavy atom. The lowest BCUT2D eigenvalue weighted by Crippen LogP contribution is -2.58. The normalized spacial score (nSPS) is 13.3. The molecule has 0 unspecified atom stereocenters. The molecule has 1 atom stereocenters. The molecule has 0 fully saturated rings. The Kier molecular flexibility index (Phi) is 7.62. The third kappa shape index (κ3) is 6.88. The number of aliphatic hydroxyl groups is 1. The Morgan fingerprint density at radius 2 is 1.40 bits per heavy atom. The maximum absolute atomic E-state index is 12.7. The van der Waals surface area contributed by atoms with Crippen molar-refractivity contribution < 1.29 is 19.4 Å². The first-order valence-corrected chi connectivity index (χ1v) is 10.1. The van der Waals surface area contributed by atoms with Crippen molar-refractivity contribution in [2.45, 2.75) is 58.6 Å². The minimum absolute atomic E-state index is 0.529. The number of anilines is 1. The lowest BCUT2D eigenvalue weighted by atomic mass is 10.0. The Balaban J connectivity index is 2.00. The molecule has 162 valence electrons. The lowest BCUT2D eigenvalue weighted by Gasteiger charge is -2.29. The van der Waals surface area contributed by atoms with Gasteiger partial charge < -0.3 is 20.5 Å². The van der Waals surface area contributed by atoms with Gasteiger partial charge in [0.05, 0.1) is 6.61 Å². The van der Waals surface area contributed by atoms with Crippen molar-refractivity contribution >= 4 is 17.7 Å². The highest BCUT2D eigenvalue weighted by atomic mass is 16.6. The molecule has 3 N–H and O–H groups in total. The Labute approximate surface area is 178 Å². The first-order valence-electron chi connectivity index (χ1n) is 10.1. The largest absolute Gasteiger partial charge is 0.444 e. The van der Waals surface area contributed by atoms with Crippen LogP contribution >= 0.6 is 0 Å². The summed E-state index contributed by atoms with van der Waals surface area (Å²) in [4.78, 5) is 24.7. The molecule has 6 nitrogen and oxygen atoms in total. The van der Waals surface area contributed by atoms with Crippen LogP contribution in [0.4, 0.5) is 10.5 Å². The molecule has 0 spiro atoms. The predicted octanol–water partition coefficient (Wildman–Crippen LogP) is 4.05. The molecule has 0 aromatic heterocycles. The van der Waals surface area contributed by atoms with Crippen LogP contribution in [0.5, 0.6) is 0 Å². The maximum Gasteiger partial charge on any atom is 0.408 e. The number of ether oxygens (including phenoxy) is 1. The summed E-state index contributed by atoms with van der Waals surface area (Å²) in [7, 11) is 0. The Morgan fingerprint density at radius 1 is 0.900 bits per heavy atom. The molecule has 30 heavy (non-hydrogen) atoms. The Hall–Kier alpha value is -2.86. The van der Waals surface area contributed by atoms with Crippen LogP contribution in [0.1, 0.15) is 51.3 Å². The van der Waals surface area contributed by atoms with Gasteiger partial charge in [-0.3, -0.25) is 4.79 Å². The van der Waals surface area contributed by atoms with Gasteiger partial charge in [0, 0.05) is 5.69 Å². The van der Waals surface area contributed by atoms with Crippen LogP contribution in [-0.4, -0.2) is 34.9 Å². The maximum atomic E-state index is 12.7. The molecule has 2 amide bonds. The van der Waals surface area contributed by atoms with Crippen LogP contribution in [0.3, 0.4) is 0 Å². The molecular formula is C24H32N2O4. The monoisotopic (exact) mass is 412 g/mol. The van der Waals surface area contributed by atoms with Gasteiger partial charge in [-0.1, -0.05) is 43.3 Å². The highest BCUT2D eigenvalue weighted by Crippen LogP contribution is 2.17. The summed E-state index contributed by atoms with van der Waals surface area (Å²) in [5.41, 5.74) is 2.01. The Bertz CT molecular complexity index is 854. The number of aryl methyl sites for hydroxylation is 1. The van der Waals surface area contributed by atoms with Crippen molar-refractivity contribution in [2.24, 2.45) is 0 Å². The quantitative estimate of drug-likeness (QED) is 0.640. The van der Waals surface area contributed by atoms with Crippen LogP contribution in [0.15, 0.2) is 48.5 Å². The average Bonchev–Trinajstić information content (AvgIpc) is 2.68. The lowest BCUT2D eigenvalue weighted by molar-refractivity contribution is -0.123. The SMILES string of the molecule is CCc1ccc(Cc2ccc(NC(=O)[C@](C)(CO)NC(=O)OC(C)(C)C)cc2)cc1. The summed E-state index contributed by atoms with van der Waals surface area (Å²) >= 11 is 0. The summed E-state index contributed by atoms with van der Waals surface area (Å²) in [6.45, 7) is 8.19. The van der Waals surface area contributed by atoms with Crippen LogP contribution in [-0.2, 0) is 22.4 Å². The van der Waals surface area contributed by atoms with E-state index in [1.807, 2.05) is 12.1 Å². The van der Waals surface area contributed by atoms with Crippen molar-refractivity contribution in [2.75, 3.05) is 11.9 Å². The summed E-state index contributed by atoms with van der Waals surface area (Å²) in [5.74, 6) is -0.529. The number of nitrogens with one attached hydrogen (secondary N) is 2. The summed E-state index contributed by atoms with van der Waals surface area (Å²) in [6, 6.07) is 16.0. The third-order valence-corrected chi connectivity index (χ3v) is 4.65. The van der Waals surface area contributed by atoms with Gasteiger partial charge >= 0.3 is 6.09 Å². The zero-order valence-electron chi connectivity index (χ0n) is 18.4. The number of alkyl carbamates (subject to hydrolysis) is 1. The van der Waals surface area contributed by atoms with Gasteiger partial charge in [-0.15, -0.1) is 0 Å². The van der Waals surface area contributed by atoms with Crippen molar-refractivity contribution in [3.05, 3.63) is 65.2 Å². The molecule has 0 aliphatic carbocycles. The summed E-state index contributed by atoms with van der Waals surface area (Å²) < 4.78 is 5.18. The first-order chi connectivity index (χ1) is 14.0. The second-order valence-corrected chi connectivity index (χ2v) is 8.61. The van der Waals surface area contributed by atoms with E-state index in [9.17, 15) is 14.7 Å². The predicted molar refractivity (Wildman–Crippen MR) is 119 cm³/mol. The van der Waals surface area contributed by atoms with Gasteiger partial charge in [-0.05, 0) is 69.4 Å². The second-order valence-electron chi connectivity index (χ2n) is 8.61. The van der Waals surface area contributed by atoms with E-state index >= 15 is 0 Å². The zero-order chi connectivity index (χ0) is 22.4. The van der Waals surface area contributed by atoms with E-state index < -0.39 is 29.7 Å². The van der Waals surface area contributed by atoms with Crippen LogP contribution in [0, 0.1) is 0 Å². The van der Waals surface area contributed by atoms with E-state index in [1.54, 1.807) is 32.9 Å². The van der Waals surface area contributed by atoms with Gasteiger partial charge in [0.15, 0.2) is 0 Å². The molecule has 0 radical (unpaired) electrons. The number of hydrogen-bond donors (Lipinski definition) is 3. The molecule has 0 bridgehead atoms. The number of benzene rings is 2. The molecule has 0 saturated carbocycles. The van der Waals surface area contributed by atoms with E-state index in [4.69, 9.17) is 4.74 Å². The van der Waals surface area contributed by atoms with Gasteiger partial charge in [-0.2, -0.15) is 0 Å². The number of carbonyl (C=O) groups excluding carboxylic acids is 2. The number of amides is 2. The molecule has 2 aromatic carbocycles. The fraction of sp³-hybridized carbons (Fsp3) is 0.417. The van der Waals surface area contributed by atoms with E-state index in [0.717, 1.165) is 18.4 Å². The van der Waals surface area contributed by atoms with Gasteiger partial charge in [0.25, 0.3) is 5.91 Å². The van der Waals surface area contributed by atoms with Gasteiger partial charge in [-0.25, -0.2) is 4.79 Å². The van der Waals surface area contributed by atoms with E-state index in [2.05, 4.69) is 41.8 Å². The minimum atomic E-state index is -1.51. The summed E-state index contributed by atoms with van der Waals surface area (Å²) in [5, 5.41) is 14.9. The van der Waals surface area contributed by atoms with Gasteiger partial charge in [0.1, 0.15) is 11.1 Å². The second kappa shape index (κ2) is 9.76. The van der Waals surface area contributed by atoms with Crippen LogP contribution < -0.4 is 10.6 Å². The molecule has 0 aliphatic heterocycles. The minimum Gasteiger partial charge on any atom is -0.444 e. The van der Waals surface area contributed by atoms with Crippen molar-refractivity contribution in [1.29, 1.82) is 0 Å².